The summed E-state index contributed by atoms with van der Waals surface area (Å²) in [6, 6.07) is 7.65. The van der Waals surface area contributed by atoms with Crippen molar-refractivity contribution < 1.29 is 9.57 Å². The first-order chi connectivity index (χ1) is 8.40. The fourth-order valence-electron chi connectivity index (χ4n) is 2.06. The zero-order chi connectivity index (χ0) is 11.9. The molecule has 3 nitrogen and oxygen atoms in total. The van der Waals surface area contributed by atoms with Gasteiger partial charge in [0, 0.05) is 5.56 Å². The van der Waals surface area contributed by atoms with E-state index in [0.29, 0.717) is 0 Å². The van der Waals surface area contributed by atoms with Crippen LogP contribution in [0.25, 0.3) is 0 Å². The van der Waals surface area contributed by atoms with E-state index in [-0.39, 0.29) is 6.10 Å². The molecule has 0 aromatic heterocycles. The second kappa shape index (κ2) is 6.28. The maximum Gasteiger partial charge on any atom is 0.143 e. The van der Waals surface area contributed by atoms with Gasteiger partial charge in [-0.3, -0.25) is 0 Å². The molecule has 0 atom stereocenters. The van der Waals surface area contributed by atoms with Gasteiger partial charge in [0.15, 0.2) is 0 Å². The number of ether oxygens (including phenoxy) is 1. The van der Waals surface area contributed by atoms with Gasteiger partial charge in [0.05, 0.1) is 7.11 Å². The molecule has 0 bridgehead atoms. The molecule has 0 unspecified atom stereocenters. The monoisotopic (exact) mass is 232 g/mol. The Morgan fingerprint density at radius 2 is 1.94 bits per heavy atom. The second-order valence-corrected chi connectivity index (χ2v) is 4.27. The van der Waals surface area contributed by atoms with E-state index >= 15 is 0 Å². The van der Waals surface area contributed by atoms with Crippen molar-refractivity contribution in [3.8, 4) is 5.75 Å². The van der Waals surface area contributed by atoms with Crippen molar-refractivity contribution in [2.45, 2.75) is 38.2 Å². The standard InChI is InChI=1S/C14H18NO2/c1-16-14-10-6-5-7-12(14)11-15-17-13-8-3-2-4-9-13/h5-7,10,13H,2-4,8-9H2,1H3. The van der Waals surface area contributed by atoms with E-state index in [2.05, 4.69) is 11.4 Å². The van der Waals surface area contributed by atoms with E-state index in [1.165, 1.54) is 19.3 Å². The van der Waals surface area contributed by atoms with Crippen LogP contribution in [0.4, 0.5) is 0 Å². The number of hydrogen-bond donors (Lipinski definition) is 0. The van der Waals surface area contributed by atoms with E-state index in [4.69, 9.17) is 9.57 Å². The molecule has 1 aromatic carbocycles. The number of para-hydroxylation sites is 1. The predicted octanol–water partition coefficient (Wildman–Crippen LogP) is 3.26. The maximum absolute atomic E-state index is 5.44. The Morgan fingerprint density at radius 3 is 2.71 bits per heavy atom. The number of hydrogen-bond acceptors (Lipinski definition) is 3. The normalized spacial score (nSPS) is 17.2. The van der Waals surface area contributed by atoms with Crippen molar-refractivity contribution in [2.75, 3.05) is 7.11 Å². The summed E-state index contributed by atoms with van der Waals surface area (Å²) in [5.74, 6) is 0.767. The average Bonchev–Trinajstić information content (AvgIpc) is 2.40. The maximum atomic E-state index is 5.44. The minimum Gasteiger partial charge on any atom is -0.496 e. The molecule has 0 aliphatic heterocycles. The van der Waals surface area contributed by atoms with Gasteiger partial charge >= 0.3 is 0 Å². The molecular weight excluding hydrogens is 214 g/mol. The van der Waals surface area contributed by atoms with Crippen LogP contribution < -0.4 is 4.74 Å². The molecule has 1 fully saturated rings. The molecule has 0 saturated heterocycles. The van der Waals surface area contributed by atoms with Gasteiger partial charge in [-0.15, -0.1) is 0 Å². The lowest BCUT2D eigenvalue weighted by Gasteiger charge is -2.18. The van der Waals surface area contributed by atoms with Gasteiger partial charge in [-0.25, -0.2) is 0 Å². The van der Waals surface area contributed by atoms with Crippen molar-refractivity contribution >= 4 is 6.21 Å². The highest BCUT2D eigenvalue weighted by Crippen LogP contribution is 2.20. The zero-order valence-corrected chi connectivity index (χ0v) is 10.2. The lowest BCUT2D eigenvalue weighted by molar-refractivity contribution is 0.0340. The Balaban J connectivity index is 1.90. The fraction of sp³-hybridized carbons (Fsp3) is 0.500. The van der Waals surface area contributed by atoms with Crippen molar-refractivity contribution in [2.24, 2.45) is 5.16 Å². The van der Waals surface area contributed by atoms with Crippen LogP contribution in [0.3, 0.4) is 0 Å². The molecule has 1 saturated carbocycles. The molecule has 2 rings (SSSR count). The SMILES string of the molecule is COc1ccccc1/[C]=N/OC1CCCCC1. The molecule has 0 amide bonds. The molecule has 17 heavy (non-hydrogen) atoms. The van der Waals surface area contributed by atoms with E-state index in [9.17, 15) is 0 Å². The highest BCUT2D eigenvalue weighted by atomic mass is 16.6. The van der Waals surface area contributed by atoms with Gasteiger partial charge in [0.1, 0.15) is 18.1 Å². The van der Waals surface area contributed by atoms with Crippen LogP contribution in [-0.4, -0.2) is 19.4 Å². The van der Waals surface area contributed by atoms with Crippen LogP contribution in [0.1, 0.15) is 37.7 Å². The third-order valence-electron chi connectivity index (χ3n) is 3.03. The zero-order valence-electron chi connectivity index (χ0n) is 10.2. The first-order valence-electron chi connectivity index (χ1n) is 6.15. The van der Waals surface area contributed by atoms with Crippen LogP contribution in [0.15, 0.2) is 29.4 Å². The van der Waals surface area contributed by atoms with Gasteiger partial charge < -0.3 is 9.57 Å². The summed E-state index contributed by atoms with van der Waals surface area (Å²) in [7, 11) is 1.64. The van der Waals surface area contributed by atoms with E-state index in [0.717, 1.165) is 24.2 Å². The molecule has 0 heterocycles. The smallest absolute Gasteiger partial charge is 0.143 e. The predicted molar refractivity (Wildman–Crippen MR) is 67.5 cm³/mol. The second-order valence-electron chi connectivity index (χ2n) is 4.27. The third-order valence-corrected chi connectivity index (χ3v) is 3.03. The molecule has 1 aromatic rings. The van der Waals surface area contributed by atoms with Crippen LogP contribution in [0, 0.1) is 0 Å². The first kappa shape index (κ1) is 12.0. The molecule has 0 N–H and O–H groups in total. The highest BCUT2D eigenvalue weighted by molar-refractivity contribution is 5.82. The van der Waals surface area contributed by atoms with E-state index < -0.39 is 0 Å². The molecule has 1 aliphatic carbocycles. The quantitative estimate of drug-likeness (QED) is 0.589. The molecule has 3 heteroatoms. The number of nitrogens with zero attached hydrogens (tertiary/aromatic N) is 1. The van der Waals surface area contributed by atoms with Gasteiger partial charge in [-0.2, -0.15) is 0 Å². The number of rotatable bonds is 4. The summed E-state index contributed by atoms with van der Waals surface area (Å²) in [5.41, 5.74) is 0.825. The average molecular weight is 232 g/mol. The topological polar surface area (TPSA) is 30.8 Å². The van der Waals surface area contributed by atoms with Gasteiger partial charge in [-0.05, 0) is 37.8 Å². The Hall–Kier alpha value is -1.51. The van der Waals surface area contributed by atoms with E-state index in [1.54, 1.807) is 7.11 Å². The number of methoxy groups -OCH3 is 1. The first-order valence-corrected chi connectivity index (χ1v) is 6.15. The van der Waals surface area contributed by atoms with Gasteiger partial charge in [0.2, 0.25) is 0 Å². The fourth-order valence-corrected chi connectivity index (χ4v) is 2.06. The summed E-state index contributed by atoms with van der Waals surface area (Å²) < 4.78 is 5.21. The minimum absolute atomic E-state index is 0.269. The van der Waals surface area contributed by atoms with Crippen molar-refractivity contribution in [1.29, 1.82) is 0 Å². The summed E-state index contributed by atoms with van der Waals surface area (Å²) in [5, 5.41) is 3.94. The van der Waals surface area contributed by atoms with Crippen molar-refractivity contribution in [3.05, 3.63) is 29.8 Å². The third kappa shape index (κ3) is 3.48. The lowest BCUT2D eigenvalue weighted by atomic mass is 9.98. The number of benzene rings is 1. The highest BCUT2D eigenvalue weighted by Gasteiger charge is 2.13. The van der Waals surface area contributed by atoms with Crippen LogP contribution in [0.2, 0.25) is 0 Å². The van der Waals surface area contributed by atoms with Crippen molar-refractivity contribution in [1.82, 2.24) is 0 Å². The van der Waals surface area contributed by atoms with Crippen LogP contribution in [-0.2, 0) is 4.84 Å². The van der Waals surface area contributed by atoms with Crippen molar-refractivity contribution in [3.63, 3.8) is 0 Å². The Morgan fingerprint density at radius 1 is 1.18 bits per heavy atom. The van der Waals surface area contributed by atoms with E-state index in [1.807, 2.05) is 24.3 Å². The van der Waals surface area contributed by atoms with Crippen LogP contribution >= 0.6 is 0 Å². The summed E-state index contributed by atoms with van der Waals surface area (Å²) in [6.07, 6.45) is 9.18. The molecule has 1 radical (unpaired) electrons. The molecule has 0 spiro atoms. The molecule has 91 valence electrons. The summed E-state index contributed by atoms with van der Waals surface area (Å²) in [4.78, 5) is 5.44. The van der Waals surface area contributed by atoms with Gasteiger partial charge in [-0.1, -0.05) is 23.7 Å². The summed E-state index contributed by atoms with van der Waals surface area (Å²) in [6.45, 7) is 0. The lowest BCUT2D eigenvalue weighted by Crippen LogP contribution is -2.13. The Labute approximate surface area is 102 Å². The van der Waals surface area contributed by atoms with Crippen LogP contribution in [0.5, 0.6) is 5.75 Å². The molecular formula is C14H18NO2. The summed E-state index contributed by atoms with van der Waals surface area (Å²) >= 11 is 0. The Kier molecular flexibility index (Phi) is 4.42. The largest absolute Gasteiger partial charge is 0.496 e. The Bertz CT molecular complexity index is 370. The molecule has 1 aliphatic rings. The minimum atomic E-state index is 0.269. The van der Waals surface area contributed by atoms with Gasteiger partial charge in [0.25, 0.3) is 0 Å².